The average molecular weight is 456 g/mol. The smallest absolute Gasteiger partial charge is 0.254 e. The highest BCUT2D eigenvalue weighted by molar-refractivity contribution is 5.96. The van der Waals surface area contributed by atoms with E-state index in [9.17, 15) is 15.2 Å². The fourth-order valence-electron chi connectivity index (χ4n) is 3.93. The molecule has 1 atom stereocenters. The van der Waals surface area contributed by atoms with E-state index in [-0.39, 0.29) is 5.91 Å². The summed E-state index contributed by atoms with van der Waals surface area (Å²) in [6.45, 7) is 4.29. The van der Waals surface area contributed by atoms with E-state index >= 15 is 0 Å². The summed E-state index contributed by atoms with van der Waals surface area (Å²) in [6, 6.07) is 14.8. The zero-order valence-corrected chi connectivity index (χ0v) is 19.2. The van der Waals surface area contributed by atoms with Crippen molar-refractivity contribution in [1.82, 2.24) is 20.1 Å². The Labute approximate surface area is 197 Å². The number of ether oxygens (including phenoxy) is 1. The number of aromatic nitrogens is 3. The molecule has 0 aliphatic carbocycles. The monoisotopic (exact) mass is 455 g/mol. The number of aliphatic hydroxyl groups is 1. The molecule has 0 bridgehead atoms. The van der Waals surface area contributed by atoms with Crippen molar-refractivity contribution in [2.24, 2.45) is 0 Å². The van der Waals surface area contributed by atoms with Gasteiger partial charge in [-0.2, -0.15) is 10.4 Å². The van der Waals surface area contributed by atoms with Crippen molar-refractivity contribution in [3.63, 3.8) is 0 Å². The second kappa shape index (κ2) is 9.73. The molecule has 0 aliphatic rings. The van der Waals surface area contributed by atoms with E-state index in [1.807, 2.05) is 25.1 Å². The van der Waals surface area contributed by atoms with Crippen LogP contribution in [-0.2, 0) is 6.54 Å². The van der Waals surface area contributed by atoms with Crippen molar-refractivity contribution in [3.8, 4) is 22.9 Å². The van der Waals surface area contributed by atoms with Crippen molar-refractivity contribution in [2.75, 3.05) is 13.7 Å². The first kappa shape index (κ1) is 23.0. The number of pyridine rings is 1. The van der Waals surface area contributed by atoms with Crippen LogP contribution in [0.25, 0.3) is 22.0 Å². The van der Waals surface area contributed by atoms with Gasteiger partial charge in [0, 0.05) is 41.9 Å². The van der Waals surface area contributed by atoms with Crippen LogP contribution in [0.2, 0.25) is 0 Å². The molecule has 2 heterocycles. The summed E-state index contributed by atoms with van der Waals surface area (Å²) in [4.78, 5) is 19.2. The number of aliphatic hydroxyl groups excluding tert-OH is 1. The number of nitriles is 1. The van der Waals surface area contributed by atoms with Crippen LogP contribution in [0.3, 0.4) is 0 Å². The number of fused-ring (bicyclic) bond motifs is 1. The molecule has 4 rings (SSSR count). The van der Waals surface area contributed by atoms with Crippen LogP contribution in [0, 0.1) is 11.3 Å². The molecule has 8 nitrogen and oxygen atoms in total. The zero-order valence-electron chi connectivity index (χ0n) is 19.2. The predicted molar refractivity (Wildman–Crippen MR) is 128 cm³/mol. The van der Waals surface area contributed by atoms with Crippen molar-refractivity contribution >= 4 is 16.8 Å². The summed E-state index contributed by atoms with van der Waals surface area (Å²) < 4.78 is 5.84. The second-order valence-corrected chi connectivity index (χ2v) is 8.00. The third-order valence-corrected chi connectivity index (χ3v) is 5.58. The molecule has 0 radical (unpaired) electrons. The van der Waals surface area contributed by atoms with Crippen molar-refractivity contribution in [1.29, 1.82) is 5.26 Å². The normalized spacial score (nSPS) is 11.7. The Bertz CT molecular complexity index is 1390. The van der Waals surface area contributed by atoms with E-state index < -0.39 is 6.10 Å². The lowest BCUT2D eigenvalue weighted by Gasteiger charge is -2.19. The van der Waals surface area contributed by atoms with E-state index in [2.05, 4.69) is 21.3 Å². The van der Waals surface area contributed by atoms with Crippen LogP contribution in [-0.4, -0.2) is 44.7 Å². The van der Waals surface area contributed by atoms with E-state index in [0.29, 0.717) is 35.7 Å². The number of nitrogens with one attached hydrogen (secondary N) is 1. The minimum Gasteiger partial charge on any atom is -0.493 e. The summed E-state index contributed by atoms with van der Waals surface area (Å²) in [6.07, 6.45) is 2.56. The van der Waals surface area contributed by atoms with Gasteiger partial charge < -0.3 is 14.7 Å². The molecule has 2 aromatic carbocycles. The van der Waals surface area contributed by atoms with Gasteiger partial charge in [-0.3, -0.25) is 14.9 Å². The lowest BCUT2D eigenvalue weighted by Crippen LogP contribution is -2.26. The Morgan fingerprint density at radius 1 is 1.26 bits per heavy atom. The Kier molecular flexibility index (Phi) is 6.57. The Morgan fingerprint density at radius 2 is 2.09 bits per heavy atom. The van der Waals surface area contributed by atoms with Crippen molar-refractivity contribution < 1.29 is 14.6 Å². The Hall–Kier alpha value is -4.22. The molecule has 2 N–H and O–H groups in total. The van der Waals surface area contributed by atoms with E-state index in [4.69, 9.17) is 4.74 Å². The zero-order chi connectivity index (χ0) is 24.2. The lowest BCUT2D eigenvalue weighted by atomic mass is 10.0. The molecule has 0 spiro atoms. The number of aromatic amines is 1. The fourth-order valence-corrected chi connectivity index (χ4v) is 3.93. The Morgan fingerprint density at radius 3 is 2.82 bits per heavy atom. The van der Waals surface area contributed by atoms with Crippen molar-refractivity contribution in [3.05, 3.63) is 77.2 Å². The van der Waals surface area contributed by atoms with Gasteiger partial charge in [0.25, 0.3) is 5.91 Å². The number of H-pyrrole nitrogens is 1. The summed E-state index contributed by atoms with van der Waals surface area (Å²) >= 11 is 0. The van der Waals surface area contributed by atoms with Gasteiger partial charge in [-0.05, 0) is 49.7 Å². The van der Waals surface area contributed by atoms with Crippen molar-refractivity contribution in [2.45, 2.75) is 26.5 Å². The molecular weight excluding hydrogens is 430 g/mol. The fraction of sp³-hybridized carbons (Fsp3) is 0.231. The maximum atomic E-state index is 13.2. The van der Waals surface area contributed by atoms with Gasteiger partial charge in [-0.15, -0.1) is 0 Å². The number of hydrogen-bond acceptors (Lipinski definition) is 6. The second-order valence-electron chi connectivity index (χ2n) is 8.00. The number of nitrogens with zero attached hydrogens (tertiary/aromatic N) is 4. The molecule has 172 valence electrons. The first-order valence-electron chi connectivity index (χ1n) is 10.9. The van der Waals surface area contributed by atoms with Crippen LogP contribution in [0.15, 0.2) is 54.9 Å². The van der Waals surface area contributed by atoms with Gasteiger partial charge in [0.1, 0.15) is 5.75 Å². The van der Waals surface area contributed by atoms with Gasteiger partial charge in [0.15, 0.2) is 0 Å². The van der Waals surface area contributed by atoms with Crippen LogP contribution in [0.4, 0.5) is 0 Å². The average Bonchev–Trinajstić information content (AvgIpc) is 3.34. The number of amides is 1. The van der Waals surface area contributed by atoms with Crippen LogP contribution >= 0.6 is 0 Å². The molecule has 4 aromatic rings. The first-order chi connectivity index (χ1) is 16.4. The van der Waals surface area contributed by atoms with Crippen LogP contribution < -0.4 is 4.74 Å². The van der Waals surface area contributed by atoms with E-state index in [0.717, 1.165) is 27.6 Å². The van der Waals surface area contributed by atoms with Crippen LogP contribution in [0.5, 0.6) is 5.75 Å². The highest BCUT2D eigenvalue weighted by Gasteiger charge is 2.19. The number of benzene rings is 2. The predicted octanol–water partition coefficient (Wildman–Crippen LogP) is 4.22. The van der Waals surface area contributed by atoms with Gasteiger partial charge in [-0.1, -0.05) is 12.1 Å². The minimum absolute atomic E-state index is 0.175. The molecule has 0 saturated carbocycles. The molecule has 34 heavy (non-hydrogen) atoms. The third kappa shape index (κ3) is 4.47. The lowest BCUT2D eigenvalue weighted by molar-refractivity contribution is 0.0785. The summed E-state index contributed by atoms with van der Waals surface area (Å²) in [5.41, 5.74) is 4.78. The van der Waals surface area contributed by atoms with E-state index in [1.54, 1.807) is 55.5 Å². The number of carbonyl (C=O) groups excluding carboxylic acids is 1. The summed E-state index contributed by atoms with van der Waals surface area (Å²) in [7, 11) is 1.72. The standard InChI is InChI=1S/C26H25N5O3/c1-4-34-23-11-19(8-9-21(23)18-7-5-6-17(10-18)12-27)26(33)31(3)15-20-13-28-24(16(2)32)22-14-29-30-25(20)22/h5-11,13-14,16,32H,4,15H2,1-3H3,(H,29,30). The molecule has 1 unspecified atom stereocenters. The highest BCUT2D eigenvalue weighted by atomic mass is 16.5. The molecule has 1 amide bonds. The molecule has 8 heteroatoms. The number of hydrogen-bond donors (Lipinski definition) is 2. The minimum atomic E-state index is -0.724. The Balaban J connectivity index is 1.62. The SMILES string of the molecule is CCOc1cc(C(=O)N(C)Cc2cnc(C(C)O)c3cn[nH]c23)ccc1-c1cccc(C#N)c1. The quantitative estimate of drug-likeness (QED) is 0.431. The van der Waals surface area contributed by atoms with Gasteiger partial charge in [0.05, 0.1) is 41.8 Å². The van der Waals surface area contributed by atoms with Gasteiger partial charge in [0.2, 0.25) is 0 Å². The number of rotatable bonds is 7. The molecule has 2 aromatic heterocycles. The summed E-state index contributed by atoms with van der Waals surface area (Å²) in [5, 5.41) is 26.9. The molecule has 0 saturated heterocycles. The largest absolute Gasteiger partial charge is 0.493 e. The third-order valence-electron chi connectivity index (χ3n) is 5.58. The van der Waals surface area contributed by atoms with Gasteiger partial charge >= 0.3 is 0 Å². The molecule has 0 aliphatic heterocycles. The van der Waals surface area contributed by atoms with E-state index in [1.165, 1.54) is 0 Å². The molecule has 0 fully saturated rings. The highest BCUT2D eigenvalue weighted by Crippen LogP contribution is 2.32. The number of carbonyl (C=O) groups is 1. The van der Waals surface area contributed by atoms with Crippen LogP contribution in [0.1, 0.15) is 47.1 Å². The topological polar surface area (TPSA) is 115 Å². The van der Waals surface area contributed by atoms with Gasteiger partial charge in [-0.25, -0.2) is 0 Å². The maximum Gasteiger partial charge on any atom is 0.254 e. The molecular formula is C26H25N5O3. The summed E-state index contributed by atoms with van der Waals surface area (Å²) in [5.74, 6) is 0.404. The maximum absolute atomic E-state index is 13.2. The first-order valence-corrected chi connectivity index (χ1v) is 10.9.